The summed E-state index contributed by atoms with van der Waals surface area (Å²) in [4.78, 5) is 11.9. The van der Waals surface area contributed by atoms with Crippen LogP contribution in [0.3, 0.4) is 0 Å². The van der Waals surface area contributed by atoms with Crippen LogP contribution < -0.4 is 0 Å². The zero-order chi connectivity index (χ0) is 20.0. The Balaban J connectivity index is 3.30. The molecule has 0 bridgehead atoms. The van der Waals surface area contributed by atoms with Crippen molar-refractivity contribution in [1.29, 1.82) is 0 Å². The molecular formula is C16H19F3O5S2. The summed E-state index contributed by atoms with van der Waals surface area (Å²) in [6, 6.07) is 4.14. The van der Waals surface area contributed by atoms with E-state index in [0.29, 0.717) is 24.8 Å². The van der Waals surface area contributed by atoms with Gasteiger partial charge in [0.2, 0.25) is 0 Å². The Morgan fingerprint density at radius 3 is 2.42 bits per heavy atom. The molecule has 0 atom stereocenters. The van der Waals surface area contributed by atoms with E-state index in [1.165, 1.54) is 24.3 Å². The average Bonchev–Trinajstić information content (AvgIpc) is 2.52. The highest BCUT2D eigenvalue weighted by atomic mass is 32.2. The van der Waals surface area contributed by atoms with Crippen molar-refractivity contribution in [1.82, 2.24) is 0 Å². The van der Waals surface area contributed by atoms with E-state index < -0.39 is 33.6 Å². The maximum absolute atomic E-state index is 12.5. The Labute approximate surface area is 154 Å². The van der Waals surface area contributed by atoms with E-state index >= 15 is 0 Å². The van der Waals surface area contributed by atoms with Gasteiger partial charge in [-0.25, -0.2) is 4.79 Å². The Morgan fingerprint density at radius 1 is 1.27 bits per heavy atom. The first-order chi connectivity index (χ1) is 12.0. The van der Waals surface area contributed by atoms with Gasteiger partial charge in [-0.05, 0) is 36.6 Å². The van der Waals surface area contributed by atoms with Crippen LogP contribution in [0.4, 0.5) is 13.2 Å². The number of alkyl halides is 3. The molecule has 26 heavy (non-hydrogen) atoms. The topological polar surface area (TPSA) is 69.7 Å². The molecule has 0 radical (unpaired) electrons. The van der Waals surface area contributed by atoms with Crippen molar-refractivity contribution in [2.75, 3.05) is 6.26 Å². The minimum Gasteiger partial charge on any atom is -0.417 e. The SMILES string of the molecule is CCC/C=C(\OSC(F)(F)F)c1cc(C(=O)OS(C)(=O)=O)ccc1CC. The number of benzene rings is 1. The number of hydrogen-bond acceptors (Lipinski definition) is 6. The van der Waals surface area contributed by atoms with Crippen molar-refractivity contribution in [3.8, 4) is 0 Å². The summed E-state index contributed by atoms with van der Waals surface area (Å²) in [5, 5.41) is 0. The molecule has 0 aromatic heterocycles. The largest absolute Gasteiger partial charge is 0.479 e. The third-order valence-electron chi connectivity index (χ3n) is 3.06. The molecule has 0 aliphatic rings. The van der Waals surface area contributed by atoms with Crippen LogP contribution in [0.2, 0.25) is 0 Å². The Morgan fingerprint density at radius 2 is 1.92 bits per heavy atom. The quantitative estimate of drug-likeness (QED) is 0.350. The Hall–Kier alpha value is -1.68. The number of carbonyl (C=O) groups is 1. The minimum atomic E-state index is -4.59. The van der Waals surface area contributed by atoms with Crippen LogP contribution in [0.15, 0.2) is 24.3 Å². The Bertz CT molecular complexity index is 771. The van der Waals surface area contributed by atoms with Gasteiger partial charge in [-0.3, -0.25) is 0 Å². The van der Waals surface area contributed by atoms with E-state index in [-0.39, 0.29) is 16.9 Å². The van der Waals surface area contributed by atoms with Gasteiger partial charge in [-0.2, -0.15) is 21.6 Å². The van der Waals surface area contributed by atoms with Crippen LogP contribution in [0.5, 0.6) is 0 Å². The second-order valence-electron chi connectivity index (χ2n) is 5.27. The van der Waals surface area contributed by atoms with Gasteiger partial charge < -0.3 is 8.37 Å². The normalized spacial score (nSPS) is 12.8. The highest BCUT2D eigenvalue weighted by Crippen LogP contribution is 2.36. The summed E-state index contributed by atoms with van der Waals surface area (Å²) < 4.78 is 68.9. The second-order valence-corrected chi connectivity index (χ2v) is 7.64. The molecule has 1 rings (SSSR count). The Kier molecular flexibility index (Phi) is 8.01. The molecule has 0 spiro atoms. The molecule has 0 N–H and O–H groups in total. The minimum absolute atomic E-state index is 0.0416. The monoisotopic (exact) mass is 412 g/mol. The number of hydrogen-bond donors (Lipinski definition) is 0. The van der Waals surface area contributed by atoms with Crippen molar-refractivity contribution < 1.29 is 34.7 Å². The van der Waals surface area contributed by atoms with E-state index in [1.807, 2.05) is 6.92 Å². The molecule has 146 valence electrons. The van der Waals surface area contributed by atoms with Gasteiger partial charge in [0.15, 0.2) is 12.0 Å². The number of halogens is 3. The predicted octanol–water partition coefficient (Wildman–Crippen LogP) is 4.69. The lowest BCUT2D eigenvalue weighted by Crippen LogP contribution is -2.12. The average molecular weight is 412 g/mol. The standard InChI is InChI=1S/C16H19F3O5S2/c1-4-6-7-14(23-25-16(17,18)19)13-10-12(9-8-11(13)5-2)15(20)24-26(3,21)22/h7-10H,4-6H2,1-3H3/b14-7-. The fourth-order valence-corrected chi connectivity index (χ4v) is 2.70. The lowest BCUT2D eigenvalue weighted by Gasteiger charge is -2.15. The van der Waals surface area contributed by atoms with E-state index in [4.69, 9.17) is 4.18 Å². The van der Waals surface area contributed by atoms with Gasteiger partial charge >= 0.3 is 21.6 Å². The summed E-state index contributed by atoms with van der Waals surface area (Å²) in [7, 11) is -4.01. The first-order valence-corrected chi connectivity index (χ1v) is 10.2. The fourth-order valence-electron chi connectivity index (χ4n) is 1.98. The van der Waals surface area contributed by atoms with Crippen molar-refractivity contribution in [3.63, 3.8) is 0 Å². The highest BCUT2D eigenvalue weighted by molar-refractivity contribution is 7.95. The van der Waals surface area contributed by atoms with Gasteiger partial charge in [0.1, 0.15) is 5.76 Å². The number of rotatable bonds is 8. The molecule has 1 aromatic carbocycles. The van der Waals surface area contributed by atoms with Crippen molar-refractivity contribution >= 4 is 33.9 Å². The number of unbranched alkanes of at least 4 members (excludes halogenated alkanes) is 1. The highest BCUT2D eigenvalue weighted by Gasteiger charge is 2.32. The number of carbonyl (C=O) groups excluding carboxylic acids is 1. The summed E-state index contributed by atoms with van der Waals surface area (Å²) in [6.45, 7) is 3.65. The van der Waals surface area contributed by atoms with E-state index in [2.05, 4.69) is 4.18 Å². The van der Waals surface area contributed by atoms with E-state index in [9.17, 15) is 26.4 Å². The molecule has 1 aromatic rings. The van der Waals surface area contributed by atoms with Gasteiger partial charge in [0, 0.05) is 5.56 Å². The molecule has 10 heteroatoms. The smallest absolute Gasteiger partial charge is 0.417 e. The number of allylic oxidation sites excluding steroid dienone is 1. The maximum atomic E-state index is 12.5. The molecule has 5 nitrogen and oxygen atoms in total. The first-order valence-electron chi connectivity index (χ1n) is 7.66. The van der Waals surface area contributed by atoms with E-state index in [1.54, 1.807) is 6.92 Å². The molecular weight excluding hydrogens is 393 g/mol. The maximum Gasteiger partial charge on any atom is 0.479 e. The molecule has 0 saturated heterocycles. The molecule has 0 saturated carbocycles. The van der Waals surface area contributed by atoms with Crippen molar-refractivity contribution in [2.45, 2.75) is 38.6 Å². The van der Waals surface area contributed by atoms with Crippen LogP contribution in [0.1, 0.15) is 48.2 Å². The van der Waals surface area contributed by atoms with Crippen molar-refractivity contribution in [2.24, 2.45) is 0 Å². The van der Waals surface area contributed by atoms with Crippen LogP contribution in [0.25, 0.3) is 5.76 Å². The third kappa shape index (κ3) is 7.69. The number of aryl methyl sites for hydroxylation is 1. The van der Waals surface area contributed by atoms with E-state index in [0.717, 1.165) is 6.26 Å². The van der Waals surface area contributed by atoms with Crippen molar-refractivity contribution in [3.05, 3.63) is 41.0 Å². The lowest BCUT2D eigenvalue weighted by atomic mass is 10.00. The predicted molar refractivity (Wildman–Crippen MR) is 93.7 cm³/mol. The zero-order valence-corrected chi connectivity index (χ0v) is 16.1. The zero-order valence-electron chi connectivity index (χ0n) is 14.4. The lowest BCUT2D eigenvalue weighted by molar-refractivity contribution is -0.0375. The van der Waals surface area contributed by atoms with Gasteiger partial charge in [-0.15, -0.1) is 0 Å². The fraction of sp³-hybridized carbons (Fsp3) is 0.438. The summed E-state index contributed by atoms with van der Waals surface area (Å²) in [5.74, 6) is -1.16. The van der Waals surface area contributed by atoms with Gasteiger partial charge in [0.25, 0.3) is 0 Å². The van der Waals surface area contributed by atoms with Gasteiger partial charge in [-0.1, -0.05) is 26.3 Å². The van der Waals surface area contributed by atoms with Crippen LogP contribution >= 0.6 is 12.0 Å². The molecule has 0 aliphatic heterocycles. The van der Waals surface area contributed by atoms with Crippen LogP contribution in [-0.4, -0.2) is 26.2 Å². The molecule has 0 fully saturated rings. The third-order valence-corrected chi connectivity index (χ3v) is 3.97. The van der Waals surface area contributed by atoms with Crippen LogP contribution in [0, 0.1) is 0 Å². The first kappa shape index (κ1) is 22.4. The van der Waals surface area contributed by atoms with Gasteiger partial charge in [0.05, 0.1) is 11.8 Å². The summed E-state index contributed by atoms with van der Waals surface area (Å²) in [5.41, 5.74) is -3.78. The summed E-state index contributed by atoms with van der Waals surface area (Å²) >= 11 is -0.650. The molecule has 0 amide bonds. The molecule has 0 aliphatic carbocycles. The molecule has 0 heterocycles. The summed E-state index contributed by atoms with van der Waals surface area (Å²) in [6.07, 6.45) is 3.84. The second kappa shape index (κ2) is 9.31. The molecule has 0 unspecified atom stereocenters. The van der Waals surface area contributed by atoms with Crippen LogP contribution in [-0.2, 0) is 24.9 Å².